The van der Waals surface area contributed by atoms with Gasteiger partial charge in [-0.2, -0.15) is 0 Å². The van der Waals surface area contributed by atoms with Crippen LogP contribution in [0.2, 0.25) is 0 Å². The van der Waals surface area contributed by atoms with Gasteiger partial charge in [0.15, 0.2) is 5.92 Å². The third kappa shape index (κ3) is 1.40. The second-order valence-corrected chi connectivity index (χ2v) is 2.52. The summed E-state index contributed by atoms with van der Waals surface area (Å²) in [5.41, 5.74) is 0. The van der Waals surface area contributed by atoms with Gasteiger partial charge in [0.2, 0.25) is 5.91 Å². The van der Waals surface area contributed by atoms with Crippen LogP contribution in [0.1, 0.15) is 0 Å². The zero-order chi connectivity index (χ0) is 9.14. The highest BCUT2D eigenvalue weighted by molar-refractivity contribution is 6.00. The predicted octanol–water partition coefficient (Wildman–Crippen LogP) is -1.08. The molecule has 0 radical (unpaired) electrons. The van der Waals surface area contributed by atoms with E-state index in [0.717, 1.165) is 0 Å². The first-order valence-corrected chi connectivity index (χ1v) is 3.59. The zero-order valence-electron chi connectivity index (χ0n) is 6.99. The molecule has 1 rings (SSSR count). The maximum Gasteiger partial charge on any atom is 0.320 e. The van der Waals surface area contributed by atoms with Gasteiger partial charge < -0.3 is 14.8 Å². The second-order valence-electron chi connectivity index (χ2n) is 2.52. The van der Waals surface area contributed by atoms with E-state index in [1.807, 2.05) is 0 Å². The van der Waals surface area contributed by atoms with Gasteiger partial charge >= 0.3 is 5.97 Å². The van der Waals surface area contributed by atoms with Crippen LogP contribution in [-0.4, -0.2) is 38.7 Å². The minimum absolute atomic E-state index is 0.325. The van der Waals surface area contributed by atoms with E-state index in [0.29, 0.717) is 6.54 Å². The molecule has 1 amide bonds. The molecular formula is C7H11NO4. The van der Waals surface area contributed by atoms with E-state index in [-0.39, 0.29) is 5.91 Å². The largest absolute Gasteiger partial charge is 0.468 e. The molecule has 5 heteroatoms. The maximum absolute atomic E-state index is 11.1. The highest BCUT2D eigenvalue weighted by Crippen LogP contribution is 2.14. The van der Waals surface area contributed by atoms with Gasteiger partial charge in [-0.3, -0.25) is 9.59 Å². The van der Waals surface area contributed by atoms with Gasteiger partial charge in [-0.25, -0.2) is 0 Å². The van der Waals surface area contributed by atoms with Crippen molar-refractivity contribution in [2.24, 2.45) is 5.92 Å². The Bertz CT molecular complexity index is 204. The third-order valence-electron chi connectivity index (χ3n) is 1.89. The fourth-order valence-electron chi connectivity index (χ4n) is 1.20. The molecule has 1 N–H and O–H groups in total. The van der Waals surface area contributed by atoms with Crippen LogP contribution in [0, 0.1) is 5.92 Å². The van der Waals surface area contributed by atoms with Crippen molar-refractivity contribution >= 4 is 11.9 Å². The molecule has 0 aromatic carbocycles. The molecular weight excluding hydrogens is 162 g/mol. The Morgan fingerprint density at radius 2 is 2.25 bits per heavy atom. The number of esters is 1. The molecule has 0 aliphatic carbocycles. The summed E-state index contributed by atoms with van der Waals surface area (Å²) in [6, 6.07) is 0. The van der Waals surface area contributed by atoms with Crippen LogP contribution >= 0.6 is 0 Å². The fraction of sp³-hybridized carbons (Fsp3) is 0.714. The average molecular weight is 173 g/mol. The van der Waals surface area contributed by atoms with Gasteiger partial charge in [-0.1, -0.05) is 0 Å². The van der Waals surface area contributed by atoms with Gasteiger partial charge in [0.25, 0.3) is 0 Å². The molecule has 0 aromatic heterocycles. The summed E-state index contributed by atoms with van der Waals surface area (Å²) < 4.78 is 9.39. The van der Waals surface area contributed by atoms with Crippen molar-refractivity contribution in [2.75, 3.05) is 20.8 Å². The average Bonchev–Trinajstić information content (AvgIpc) is 2.45. The topological polar surface area (TPSA) is 64.6 Å². The Morgan fingerprint density at radius 1 is 1.58 bits per heavy atom. The Morgan fingerprint density at radius 3 is 2.75 bits per heavy atom. The number of hydrogen-bond donors (Lipinski definition) is 1. The van der Waals surface area contributed by atoms with Crippen LogP contribution in [-0.2, 0) is 19.1 Å². The van der Waals surface area contributed by atoms with Crippen molar-refractivity contribution in [1.82, 2.24) is 5.32 Å². The van der Waals surface area contributed by atoms with Crippen molar-refractivity contribution in [3.8, 4) is 0 Å². The number of methoxy groups -OCH3 is 2. The fourth-order valence-corrected chi connectivity index (χ4v) is 1.20. The van der Waals surface area contributed by atoms with E-state index >= 15 is 0 Å². The summed E-state index contributed by atoms with van der Waals surface area (Å²) in [5, 5.41) is 2.52. The lowest BCUT2D eigenvalue weighted by Gasteiger charge is -2.11. The van der Waals surface area contributed by atoms with Gasteiger partial charge in [0, 0.05) is 13.7 Å². The molecule has 1 aliphatic rings. The van der Waals surface area contributed by atoms with Crippen molar-refractivity contribution in [3.63, 3.8) is 0 Å². The first-order chi connectivity index (χ1) is 5.70. The summed E-state index contributed by atoms with van der Waals surface area (Å²) in [6.45, 7) is 0.370. The second kappa shape index (κ2) is 3.53. The van der Waals surface area contributed by atoms with E-state index in [9.17, 15) is 9.59 Å². The molecule has 5 nitrogen and oxygen atoms in total. The smallest absolute Gasteiger partial charge is 0.320 e. The van der Waals surface area contributed by atoms with Crippen LogP contribution in [0.4, 0.5) is 0 Å². The Labute approximate surface area is 70.0 Å². The Balaban J connectivity index is 2.70. The molecule has 12 heavy (non-hydrogen) atoms. The molecule has 0 saturated carbocycles. The zero-order valence-corrected chi connectivity index (χ0v) is 6.99. The monoisotopic (exact) mass is 173 g/mol. The first kappa shape index (κ1) is 8.99. The number of hydrogen-bond acceptors (Lipinski definition) is 4. The lowest BCUT2D eigenvalue weighted by molar-refractivity contribution is -0.152. The molecule has 0 spiro atoms. The number of carbonyl (C=O) groups is 2. The summed E-state index contributed by atoms with van der Waals surface area (Å²) in [7, 11) is 2.71. The quantitative estimate of drug-likeness (QED) is 0.426. The predicted molar refractivity (Wildman–Crippen MR) is 39.3 cm³/mol. The molecule has 1 aliphatic heterocycles. The van der Waals surface area contributed by atoms with Crippen molar-refractivity contribution in [2.45, 2.75) is 6.10 Å². The number of rotatable bonds is 2. The molecule has 1 saturated heterocycles. The number of ether oxygens (including phenoxy) is 2. The molecule has 0 bridgehead atoms. The van der Waals surface area contributed by atoms with Crippen molar-refractivity contribution in [1.29, 1.82) is 0 Å². The molecule has 0 aromatic rings. The summed E-state index contributed by atoms with van der Waals surface area (Å²) in [6.07, 6.45) is -0.398. The van der Waals surface area contributed by atoms with Crippen molar-refractivity contribution in [3.05, 3.63) is 0 Å². The third-order valence-corrected chi connectivity index (χ3v) is 1.89. The lowest BCUT2D eigenvalue weighted by Crippen LogP contribution is -2.32. The molecule has 2 unspecified atom stereocenters. The summed E-state index contributed by atoms with van der Waals surface area (Å²) in [4.78, 5) is 22.1. The molecule has 1 heterocycles. The van der Waals surface area contributed by atoms with Crippen LogP contribution < -0.4 is 5.32 Å². The van der Waals surface area contributed by atoms with E-state index in [1.54, 1.807) is 0 Å². The Kier molecular flexibility index (Phi) is 2.65. The summed E-state index contributed by atoms with van der Waals surface area (Å²) in [5.74, 6) is -1.68. The number of amides is 1. The highest BCUT2D eigenvalue weighted by atomic mass is 16.5. The van der Waals surface area contributed by atoms with Gasteiger partial charge in [0.05, 0.1) is 13.2 Å². The number of carbonyl (C=O) groups excluding carboxylic acids is 2. The van der Waals surface area contributed by atoms with E-state index in [2.05, 4.69) is 10.1 Å². The molecule has 2 atom stereocenters. The van der Waals surface area contributed by atoms with E-state index in [1.165, 1.54) is 14.2 Å². The normalized spacial score (nSPS) is 28.3. The standard InChI is InChI=1S/C7H11NO4/c1-11-4-3-8-6(9)5(4)7(10)12-2/h4-5H,3H2,1-2H3,(H,8,9). The van der Waals surface area contributed by atoms with E-state index < -0.39 is 18.0 Å². The molecule has 1 fully saturated rings. The SMILES string of the molecule is COC(=O)C1C(=O)NCC1OC. The maximum atomic E-state index is 11.1. The van der Waals surface area contributed by atoms with Gasteiger partial charge in [-0.05, 0) is 0 Å². The minimum atomic E-state index is -0.806. The number of nitrogens with one attached hydrogen (secondary N) is 1. The minimum Gasteiger partial charge on any atom is -0.468 e. The van der Waals surface area contributed by atoms with Gasteiger partial charge in [-0.15, -0.1) is 0 Å². The van der Waals surface area contributed by atoms with Gasteiger partial charge in [0.1, 0.15) is 0 Å². The van der Waals surface area contributed by atoms with Crippen LogP contribution in [0.5, 0.6) is 0 Å². The Hall–Kier alpha value is -1.10. The van der Waals surface area contributed by atoms with Crippen molar-refractivity contribution < 1.29 is 19.1 Å². The van der Waals surface area contributed by atoms with Crippen LogP contribution in [0.25, 0.3) is 0 Å². The highest BCUT2D eigenvalue weighted by Gasteiger charge is 2.41. The molecule has 68 valence electrons. The van der Waals surface area contributed by atoms with E-state index in [4.69, 9.17) is 4.74 Å². The first-order valence-electron chi connectivity index (χ1n) is 3.59. The van der Waals surface area contributed by atoms with Crippen LogP contribution in [0.15, 0.2) is 0 Å². The lowest BCUT2D eigenvalue weighted by atomic mass is 10.1. The summed E-state index contributed by atoms with van der Waals surface area (Å²) >= 11 is 0. The van der Waals surface area contributed by atoms with Crippen LogP contribution in [0.3, 0.4) is 0 Å².